The number of hydrogen-bond donors (Lipinski definition) is 1. The monoisotopic (exact) mass is 267 g/mol. The summed E-state index contributed by atoms with van der Waals surface area (Å²) < 4.78 is 23.7. The number of benzene rings is 1. The average molecular weight is 267 g/mol. The van der Waals surface area contributed by atoms with E-state index in [-0.39, 0.29) is 11.5 Å². The highest BCUT2D eigenvalue weighted by molar-refractivity contribution is 7.91. The molecule has 1 aliphatic heterocycles. The van der Waals surface area contributed by atoms with E-state index in [4.69, 9.17) is 0 Å². The van der Waals surface area contributed by atoms with Crippen LogP contribution < -0.4 is 5.32 Å². The van der Waals surface area contributed by atoms with E-state index in [0.717, 1.165) is 17.5 Å². The van der Waals surface area contributed by atoms with Gasteiger partial charge in [0, 0.05) is 6.54 Å². The van der Waals surface area contributed by atoms with Crippen LogP contribution in [0.25, 0.3) is 0 Å². The summed E-state index contributed by atoms with van der Waals surface area (Å²) >= 11 is 0. The van der Waals surface area contributed by atoms with Gasteiger partial charge in [0.05, 0.1) is 17.2 Å². The fourth-order valence-corrected chi connectivity index (χ4v) is 3.77. The molecule has 1 aromatic rings. The number of nitrogens with one attached hydrogen (secondary N) is 1. The van der Waals surface area contributed by atoms with Crippen LogP contribution in [0, 0.1) is 0 Å². The second-order valence-electron chi connectivity index (χ2n) is 4.67. The molecule has 0 unspecified atom stereocenters. The van der Waals surface area contributed by atoms with Crippen LogP contribution in [0.3, 0.4) is 0 Å². The molecule has 5 heteroatoms. The van der Waals surface area contributed by atoms with Crippen molar-refractivity contribution in [2.75, 3.05) is 12.3 Å². The third-order valence-electron chi connectivity index (χ3n) is 3.02. The predicted molar refractivity (Wildman–Crippen MR) is 69.2 cm³/mol. The Balaban J connectivity index is 2.15. The first-order valence-electron chi connectivity index (χ1n) is 6.04. The smallest absolute Gasteiger partial charge is 0.178 e. The van der Waals surface area contributed by atoms with Gasteiger partial charge in [-0.25, -0.2) is 8.42 Å². The van der Waals surface area contributed by atoms with Gasteiger partial charge >= 0.3 is 0 Å². The molecule has 0 saturated heterocycles. The van der Waals surface area contributed by atoms with E-state index < -0.39 is 9.84 Å². The topological polar surface area (TPSA) is 63.2 Å². The third kappa shape index (κ3) is 2.97. The highest BCUT2D eigenvalue weighted by atomic mass is 32.2. The molecule has 0 spiro atoms. The third-order valence-corrected chi connectivity index (χ3v) is 4.92. The van der Waals surface area contributed by atoms with E-state index >= 15 is 0 Å². The Kier molecular flexibility index (Phi) is 3.82. The molecular weight excluding hydrogens is 250 g/mol. The Hall–Kier alpha value is -1.20. The summed E-state index contributed by atoms with van der Waals surface area (Å²) in [6.07, 6.45) is 1.51. The Bertz CT molecular complexity index is 564. The van der Waals surface area contributed by atoms with Gasteiger partial charge in [0.15, 0.2) is 9.84 Å². The number of aryl methyl sites for hydroxylation is 1. The molecule has 4 nitrogen and oxygen atoms in total. The van der Waals surface area contributed by atoms with Gasteiger partial charge in [-0.15, -0.1) is 0 Å². The second-order valence-corrected chi connectivity index (χ2v) is 6.75. The lowest BCUT2D eigenvalue weighted by Crippen LogP contribution is -2.21. The summed E-state index contributed by atoms with van der Waals surface area (Å²) in [5.41, 5.74) is 1.93. The zero-order valence-electron chi connectivity index (χ0n) is 10.4. The highest BCUT2D eigenvalue weighted by Crippen LogP contribution is 2.25. The largest absolute Gasteiger partial charge is 0.306 e. The number of rotatable bonds is 4. The van der Waals surface area contributed by atoms with Crippen molar-refractivity contribution in [3.8, 4) is 0 Å². The molecule has 2 rings (SSSR count). The number of sulfone groups is 1. The van der Waals surface area contributed by atoms with Gasteiger partial charge in [-0.05, 0) is 37.0 Å². The molecule has 0 aliphatic carbocycles. The highest BCUT2D eigenvalue weighted by Gasteiger charge is 2.23. The maximum absolute atomic E-state index is 11.8. The van der Waals surface area contributed by atoms with Crippen LogP contribution in [-0.4, -0.2) is 26.5 Å². The molecular formula is C13H17NO3S. The molecule has 1 aromatic carbocycles. The summed E-state index contributed by atoms with van der Waals surface area (Å²) in [4.78, 5) is 11.3. The first kappa shape index (κ1) is 13.2. The van der Waals surface area contributed by atoms with Crippen LogP contribution in [0.1, 0.15) is 24.5 Å². The lowest BCUT2D eigenvalue weighted by molar-refractivity contribution is -0.116. The van der Waals surface area contributed by atoms with E-state index in [1.807, 2.05) is 12.1 Å². The lowest BCUT2D eigenvalue weighted by Gasteiger charge is -2.17. The molecule has 1 N–H and O–H groups in total. The molecule has 0 atom stereocenters. The van der Waals surface area contributed by atoms with Crippen LogP contribution >= 0.6 is 0 Å². The van der Waals surface area contributed by atoms with Crippen molar-refractivity contribution in [1.82, 2.24) is 5.32 Å². The van der Waals surface area contributed by atoms with Gasteiger partial charge < -0.3 is 5.32 Å². The summed E-state index contributed by atoms with van der Waals surface area (Å²) in [5, 5.41) is 3.03. The van der Waals surface area contributed by atoms with E-state index in [2.05, 4.69) is 5.32 Å². The number of ketones is 1. The van der Waals surface area contributed by atoms with Crippen molar-refractivity contribution in [3.63, 3.8) is 0 Å². The lowest BCUT2D eigenvalue weighted by atomic mass is 10.1. The molecule has 1 heterocycles. The standard InChI is InChI=1S/C13H17NO3S/c1-10(15)8-14-9-11-4-5-13-12(7-11)3-2-6-18(13,16)17/h4-5,7,14H,2-3,6,8-9H2,1H3. The van der Waals surface area contributed by atoms with E-state index in [0.29, 0.717) is 24.4 Å². The SMILES string of the molecule is CC(=O)CNCc1ccc2c(c1)CCCS2(=O)=O. The Morgan fingerprint density at radius 3 is 2.89 bits per heavy atom. The van der Waals surface area contributed by atoms with Crippen molar-refractivity contribution in [3.05, 3.63) is 29.3 Å². The molecule has 98 valence electrons. The Morgan fingerprint density at radius 1 is 1.39 bits per heavy atom. The molecule has 0 bridgehead atoms. The normalized spacial score (nSPS) is 17.2. The first-order chi connectivity index (χ1) is 8.49. The Morgan fingerprint density at radius 2 is 2.17 bits per heavy atom. The molecule has 0 fully saturated rings. The number of Topliss-reactive ketones (excluding diaryl/α,β-unsaturated/α-hetero) is 1. The maximum Gasteiger partial charge on any atom is 0.178 e. The molecule has 1 aliphatic rings. The van der Waals surface area contributed by atoms with Crippen LogP contribution in [0.5, 0.6) is 0 Å². The minimum absolute atomic E-state index is 0.0931. The number of hydrogen-bond acceptors (Lipinski definition) is 4. The molecule has 0 radical (unpaired) electrons. The number of carbonyl (C=O) groups is 1. The number of carbonyl (C=O) groups excluding carboxylic acids is 1. The van der Waals surface area contributed by atoms with Crippen LogP contribution in [0.2, 0.25) is 0 Å². The Labute approximate surface area is 107 Å². The molecule has 0 aromatic heterocycles. The van der Waals surface area contributed by atoms with Gasteiger partial charge in [-0.2, -0.15) is 0 Å². The van der Waals surface area contributed by atoms with Crippen molar-refractivity contribution in [1.29, 1.82) is 0 Å². The minimum Gasteiger partial charge on any atom is -0.306 e. The van der Waals surface area contributed by atoms with Crippen molar-refractivity contribution >= 4 is 15.6 Å². The van der Waals surface area contributed by atoms with Crippen LogP contribution in [0.4, 0.5) is 0 Å². The fraction of sp³-hybridized carbons (Fsp3) is 0.462. The average Bonchev–Trinajstić information content (AvgIpc) is 2.27. The summed E-state index contributed by atoms with van der Waals surface area (Å²) in [5.74, 6) is 0.345. The quantitative estimate of drug-likeness (QED) is 0.887. The van der Waals surface area contributed by atoms with Crippen molar-refractivity contribution < 1.29 is 13.2 Å². The number of fused-ring (bicyclic) bond motifs is 1. The van der Waals surface area contributed by atoms with Crippen LogP contribution in [0.15, 0.2) is 23.1 Å². The van der Waals surface area contributed by atoms with Gasteiger partial charge in [0.2, 0.25) is 0 Å². The summed E-state index contributed by atoms with van der Waals surface area (Å²) in [6, 6.07) is 5.43. The second kappa shape index (κ2) is 5.20. The zero-order chi connectivity index (χ0) is 13.2. The van der Waals surface area contributed by atoms with Gasteiger partial charge in [0.25, 0.3) is 0 Å². The van der Waals surface area contributed by atoms with Gasteiger partial charge in [-0.1, -0.05) is 12.1 Å². The zero-order valence-corrected chi connectivity index (χ0v) is 11.2. The molecule has 0 saturated carbocycles. The summed E-state index contributed by atoms with van der Waals surface area (Å²) in [7, 11) is -3.07. The van der Waals surface area contributed by atoms with E-state index in [1.54, 1.807) is 6.07 Å². The minimum atomic E-state index is -3.07. The van der Waals surface area contributed by atoms with Gasteiger partial charge in [0.1, 0.15) is 5.78 Å². The van der Waals surface area contributed by atoms with E-state index in [9.17, 15) is 13.2 Å². The predicted octanol–water partition coefficient (Wildman–Crippen LogP) is 1.09. The maximum atomic E-state index is 11.8. The van der Waals surface area contributed by atoms with Gasteiger partial charge in [-0.3, -0.25) is 4.79 Å². The van der Waals surface area contributed by atoms with Crippen LogP contribution in [-0.2, 0) is 27.6 Å². The van der Waals surface area contributed by atoms with Crippen molar-refractivity contribution in [2.45, 2.75) is 31.2 Å². The molecule has 0 amide bonds. The van der Waals surface area contributed by atoms with E-state index in [1.165, 1.54) is 6.92 Å². The van der Waals surface area contributed by atoms with Crippen molar-refractivity contribution in [2.24, 2.45) is 0 Å². The summed E-state index contributed by atoms with van der Waals surface area (Å²) in [6.45, 7) is 2.47. The molecule has 18 heavy (non-hydrogen) atoms. The fourth-order valence-electron chi connectivity index (χ4n) is 2.19. The first-order valence-corrected chi connectivity index (χ1v) is 7.69.